The lowest BCUT2D eigenvalue weighted by Gasteiger charge is -2.24. The van der Waals surface area contributed by atoms with Gasteiger partial charge in [0.25, 0.3) is 0 Å². The molecule has 0 aromatic heterocycles. The van der Waals surface area contributed by atoms with Crippen molar-refractivity contribution in [2.24, 2.45) is 5.92 Å². The Balaban J connectivity index is 0. The zero-order chi connectivity index (χ0) is 16.7. The minimum Gasteiger partial charge on any atom is -0.385 e. The Hall–Kier alpha value is 0.570. The van der Waals surface area contributed by atoms with Crippen LogP contribution in [0.15, 0.2) is 12.2 Å². The summed E-state index contributed by atoms with van der Waals surface area (Å²) in [6.45, 7) is 10.4. The van der Waals surface area contributed by atoms with Crippen LogP contribution < -0.4 is 0 Å². The first-order valence-electron chi connectivity index (χ1n) is 7.93. The molecule has 0 saturated carbocycles. The van der Waals surface area contributed by atoms with Gasteiger partial charge in [-0.1, -0.05) is 85.8 Å². The van der Waals surface area contributed by atoms with Gasteiger partial charge in [-0.3, -0.25) is 0 Å². The molecule has 128 valence electrons. The third-order valence-corrected chi connectivity index (χ3v) is 3.97. The second-order valence-electron chi connectivity index (χ2n) is 5.78. The fraction of sp³-hybridized carbons (Fsp3) is 0.882. The Morgan fingerprint density at radius 3 is 1.90 bits per heavy atom. The molecule has 0 aliphatic rings. The fourth-order valence-electron chi connectivity index (χ4n) is 1.90. The maximum absolute atomic E-state index is 5.97. The first kappa shape index (κ1) is 23.8. The van der Waals surface area contributed by atoms with E-state index < -0.39 is 3.79 Å². The molecule has 1 nitrogen and oxygen atoms in total. The van der Waals surface area contributed by atoms with Crippen LogP contribution in [0.2, 0.25) is 0 Å². The van der Waals surface area contributed by atoms with Gasteiger partial charge in [0.15, 0.2) is 3.79 Å². The molecular weight excluding hydrogens is 327 g/mol. The summed E-state index contributed by atoms with van der Waals surface area (Å²) in [6.07, 6.45) is 9.42. The molecule has 0 radical (unpaired) electrons. The Morgan fingerprint density at radius 2 is 1.48 bits per heavy atom. The van der Waals surface area contributed by atoms with Crippen molar-refractivity contribution >= 4 is 34.8 Å². The SMILES string of the molecule is C=C(C)C.CCCCCCCCC(CCOC)C(Cl)(Cl)Cl. The number of hydrogen-bond acceptors (Lipinski definition) is 1. The van der Waals surface area contributed by atoms with Gasteiger partial charge in [-0.2, -0.15) is 0 Å². The second-order valence-corrected chi connectivity index (χ2v) is 8.15. The number of rotatable bonds is 10. The van der Waals surface area contributed by atoms with E-state index in [1.807, 2.05) is 13.8 Å². The van der Waals surface area contributed by atoms with Crippen molar-refractivity contribution in [3.8, 4) is 0 Å². The van der Waals surface area contributed by atoms with Gasteiger partial charge in [-0.25, -0.2) is 0 Å². The molecule has 0 aromatic rings. The van der Waals surface area contributed by atoms with Crippen LogP contribution in [0.1, 0.15) is 72.1 Å². The predicted molar refractivity (Wildman–Crippen MR) is 98.8 cm³/mol. The second kappa shape index (κ2) is 15.5. The van der Waals surface area contributed by atoms with Gasteiger partial charge in [0.2, 0.25) is 0 Å². The summed E-state index contributed by atoms with van der Waals surface area (Å²) in [5, 5.41) is 0. The fourth-order valence-corrected chi connectivity index (χ4v) is 2.56. The van der Waals surface area contributed by atoms with Gasteiger partial charge >= 0.3 is 0 Å². The van der Waals surface area contributed by atoms with Gasteiger partial charge in [0.05, 0.1) is 0 Å². The van der Waals surface area contributed by atoms with E-state index in [1.54, 1.807) is 7.11 Å². The van der Waals surface area contributed by atoms with Crippen LogP contribution in [0.5, 0.6) is 0 Å². The van der Waals surface area contributed by atoms with Crippen LogP contribution in [0.4, 0.5) is 0 Å². The highest BCUT2D eigenvalue weighted by Gasteiger charge is 2.31. The molecule has 0 rings (SSSR count). The van der Waals surface area contributed by atoms with E-state index in [0.717, 1.165) is 19.3 Å². The van der Waals surface area contributed by atoms with Crippen LogP contribution in [0.25, 0.3) is 0 Å². The molecule has 0 N–H and O–H groups in total. The average Bonchev–Trinajstić information content (AvgIpc) is 2.34. The molecule has 0 saturated heterocycles. The summed E-state index contributed by atoms with van der Waals surface area (Å²) in [5.74, 6) is 0.110. The number of hydrogen-bond donors (Lipinski definition) is 0. The van der Waals surface area contributed by atoms with Crippen molar-refractivity contribution in [3.63, 3.8) is 0 Å². The largest absolute Gasteiger partial charge is 0.385 e. The summed E-state index contributed by atoms with van der Waals surface area (Å²) in [7, 11) is 1.68. The third kappa shape index (κ3) is 20.6. The van der Waals surface area contributed by atoms with Crippen LogP contribution in [0, 0.1) is 5.92 Å². The van der Waals surface area contributed by atoms with Crippen LogP contribution in [-0.2, 0) is 4.74 Å². The van der Waals surface area contributed by atoms with E-state index in [-0.39, 0.29) is 5.92 Å². The number of ether oxygens (including phenoxy) is 1. The molecule has 0 amide bonds. The lowest BCUT2D eigenvalue weighted by atomic mass is 9.98. The zero-order valence-corrected chi connectivity index (χ0v) is 16.5. The molecule has 0 spiro atoms. The van der Waals surface area contributed by atoms with E-state index >= 15 is 0 Å². The molecule has 21 heavy (non-hydrogen) atoms. The van der Waals surface area contributed by atoms with Crippen LogP contribution in [0.3, 0.4) is 0 Å². The van der Waals surface area contributed by atoms with Crippen LogP contribution in [-0.4, -0.2) is 17.5 Å². The topological polar surface area (TPSA) is 9.23 Å². The minimum absolute atomic E-state index is 0.110. The van der Waals surface area contributed by atoms with E-state index in [4.69, 9.17) is 39.5 Å². The van der Waals surface area contributed by atoms with Crippen molar-refractivity contribution in [2.75, 3.05) is 13.7 Å². The van der Waals surface area contributed by atoms with Gasteiger partial charge in [0.1, 0.15) is 0 Å². The lowest BCUT2D eigenvalue weighted by molar-refractivity contribution is 0.174. The summed E-state index contributed by atoms with van der Waals surface area (Å²) in [4.78, 5) is 0. The standard InChI is InChI=1S/C13H25Cl3O.C4H8/c1-3-4-5-6-7-8-9-12(10-11-17-2)13(14,15)16;1-4(2)3/h12H,3-11H2,1-2H3;1H2,2-3H3. The molecular formula is C17H33Cl3O. The summed E-state index contributed by atoms with van der Waals surface area (Å²) < 4.78 is 3.90. The average molecular weight is 360 g/mol. The molecule has 0 fully saturated rings. The summed E-state index contributed by atoms with van der Waals surface area (Å²) in [5.41, 5.74) is 1.17. The van der Waals surface area contributed by atoms with Crippen molar-refractivity contribution in [1.29, 1.82) is 0 Å². The highest BCUT2D eigenvalue weighted by Crippen LogP contribution is 2.39. The highest BCUT2D eigenvalue weighted by molar-refractivity contribution is 6.67. The smallest absolute Gasteiger partial charge is 0.193 e. The molecule has 1 unspecified atom stereocenters. The maximum atomic E-state index is 5.97. The first-order chi connectivity index (χ1) is 9.75. The maximum Gasteiger partial charge on any atom is 0.193 e. The zero-order valence-electron chi connectivity index (χ0n) is 14.2. The number of alkyl halides is 3. The molecule has 0 aromatic carbocycles. The van der Waals surface area contributed by atoms with Crippen molar-refractivity contribution in [1.82, 2.24) is 0 Å². The number of methoxy groups -OCH3 is 1. The Kier molecular flexibility index (Phi) is 17.5. The summed E-state index contributed by atoms with van der Waals surface area (Å²) >= 11 is 17.9. The monoisotopic (exact) mass is 358 g/mol. The molecule has 0 aliphatic heterocycles. The third-order valence-electron chi connectivity index (χ3n) is 3.04. The van der Waals surface area contributed by atoms with Gasteiger partial charge < -0.3 is 4.74 Å². The number of halogens is 3. The molecule has 1 atom stereocenters. The number of unbranched alkanes of at least 4 members (excludes halogenated alkanes) is 5. The minimum atomic E-state index is -1.15. The van der Waals surface area contributed by atoms with E-state index in [2.05, 4.69) is 13.5 Å². The normalized spacial score (nSPS) is 12.5. The Morgan fingerprint density at radius 1 is 1.00 bits per heavy atom. The van der Waals surface area contributed by atoms with Gasteiger partial charge in [-0.05, 0) is 26.7 Å². The molecule has 0 aliphatic carbocycles. The predicted octanol–water partition coefficient (Wildman–Crippen LogP) is 7.34. The number of allylic oxidation sites excluding steroid dienone is 1. The van der Waals surface area contributed by atoms with Crippen molar-refractivity contribution in [2.45, 2.75) is 75.9 Å². The van der Waals surface area contributed by atoms with Gasteiger partial charge in [-0.15, -0.1) is 6.58 Å². The Bertz CT molecular complexity index is 233. The quantitative estimate of drug-likeness (QED) is 0.225. The van der Waals surface area contributed by atoms with E-state index in [0.29, 0.717) is 6.61 Å². The van der Waals surface area contributed by atoms with Crippen molar-refractivity contribution < 1.29 is 4.74 Å². The highest BCUT2D eigenvalue weighted by atomic mass is 35.6. The van der Waals surface area contributed by atoms with E-state index in [1.165, 1.54) is 37.7 Å². The Labute approximate surface area is 147 Å². The molecule has 4 heteroatoms. The van der Waals surface area contributed by atoms with Crippen LogP contribution >= 0.6 is 34.8 Å². The van der Waals surface area contributed by atoms with E-state index in [9.17, 15) is 0 Å². The molecule has 0 bridgehead atoms. The first-order valence-corrected chi connectivity index (χ1v) is 9.06. The van der Waals surface area contributed by atoms with Gasteiger partial charge in [0, 0.05) is 19.6 Å². The summed E-state index contributed by atoms with van der Waals surface area (Å²) in [6, 6.07) is 0. The molecule has 0 heterocycles. The van der Waals surface area contributed by atoms with Crippen molar-refractivity contribution in [3.05, 3.63) is 12.2 Å². The lowest BCUT2D eigenvalue weighted by Crippen LogP contribution is -2.21.